The monoisotopic (exact) mass is 343 g/mol. The smallest absolute Gasteiger partial charge is 0.233 e. The summed E-state index contributed by atoms with van der Waals surface area (Å²) in [6.45, 7) is 9.04. The van der Waals surface area contributed by atoms with Crippen molar-refractivity contribution in [3.63, 3.8) is 0 Å². The Kier molecular flexibility index (Phi) is 6.73. The van der Waals surface area contributed by atoms with Crippen LogP contribution in [-0.2, 0) is 4.79 Å². The van der Waals surface area contributed by atoms with Crippen molar-refractivity contribution in [1.82, 2.24) is 5.32 Å². The molecule has 0 heterocycles. The average molecular weight is 343 g/mol. The first kappa shape index (κ1) is 18.4. The van der Waals surface area contributed by atoms with Crippen LogP contribution in [0.2, 0.25) is 0 Å². The number of carbonyl (C=O) groups excluding carboxylic acids is 1. The van der Waals surface area contributed by atoms with Crippen LogP contribution >= 0.6 is 11.8 Å². The molecule has 0 fully saturated rings. The Balaban J connectivity index is 1.73. The first-order valence-electron chi connectivity index (χ1n) is 8.17. The molecular weight excluding hydrogens is 318 g/mol. The van der Waals surface area contributed by atoms with E-state index in [4.69, 9.17) is 4.74 Å². The number of hydrogen-bond acceptors (Lipinski definition) is 3. The van der Waals surface area contributed by atoms with Gasteiger partial charge < -0.3 is 10.1 Å². The van der Waals surface area contributed by atoms with Crippen LogP contribution < -0.4 is 10.1 Å². The lowest BCUT2D eigenvalue weighted by molar-refractivity contribution is -0.120. The summed E-state index contributed by atoms with van der Waals surface area (Å²) in [6, 6.07) is 14.3. The third kappa shape index (κ3) is 5.60. The lowest BCUT2D eigenvalue weighted by Gasteiger charge is -2.13. The van der Waals surface area contributed by atoms with Gasteiger partial charge in [0.25, 0.3) is 0 Å². The van der Waals surface area contributed by atoms with Gasteiger partial charge in [0.05, 0.1) is 11.8 Å². The van der Waals surface area contributed by atoms with Gasteiger partial charge in [0.15, 0.2) is 0 Å². The van der Waals surface area contributed by atoms with Gasteiger partial charge in [-0.1, -0.05) is 35.4 Å². The summed E-state index contributed by atoms with van der Waals surface area (Å²) in [5.74, 6) is 0.904. The molecule has 0 unspecified atom stereocenters. The highest BCUT2D eigenvalue weighted by molar-refractivity contribution is 8.00. The molecule has 0 bridgehead atoms. The van der Waals surface area contributed by atoms with Crippen molar-refractivity contribution in [3.8, 4) is 5.75 Å². The first-order chi connectivity index (χ1) is 11.5. The highest BCUT2D eigenvalue weighted by Gasteiger charge is 2.13. The van der Waals surface area contributed by atoms with Crippen LogP contribution in [0.1, 0.15) is 23.6 Å². The number of thioether (sulfide) groups is 1. The minimum absolute atomic E-state index is 0.0322. The Morgan fingerprint density at radius 2 is 1.75 bits per heavy atom. The summed E-state index contributed by atoms with van der Waals surface area (Å²) in [7, 11) is 0. The molecule has 1 N–H and O–H groups in total. The predicted molar refractivity (Wildman–Crippen MR) is 101 cm³/mol. The summed E-state index contributed by atoms with van der Waals surface area (Å²) < 4.78 is 5.73. The van der Waals surface area contributed by atoms with E-state index in [1.54, 1.807) is 11.8 Å². The number of amides is 1. The molecule has 0 aliphatic heterocycles. The van der Waals surface area contributed by atoms with Crippen LogP contribution in [0.3, 0.4) is 0 Å². The Bertz CT molecular complexity index is 683. The molecule has 128 valence electrons. The molecule has 0 aliphatic carbocycles. The predicted octanol–water partition coefficient (Wildman–Crippen LogP) is 4.29. The number of nitrogens with one attached hydrogen (secondary N) is 1. The van der Waals surface area contributed by atoms with E-state index in [-0.39, 0.29) is 11.2 Å². The molecule has 3 nitrogen and oxygen atoms in total. The highest BCUT2D eigenvalue weighted by Crippen LogP contribution is 2.23. The van der Waals surface area contributed by atoms with Crippen LogP contribution in [-0.4, -0.2) is 24.3 Å². The molecule has 1 amide bonds. The van der Waals surface area contributed by atoms with Gasteiger partial charge >= 0.3 is 0 Å². The summed E-state index contributed by atoms with van der Waals surface area (Å²) in [5, 5.41) is 2.80. The molecule has 0 radical (unpaired) electrons. The third-order valence-corrected chi connectivity index (χ3v) is 4.80. The Hall–Kier alpha value is -1.94. The summed E-state index contributed by atoms with van der Waals surface area (Å²) in [6.07, 6.45) is 0. The van der Waals surface area contributed by atoms with Gasteiger partial charge in [-0.2, -0.15) is 0 Å². The molecule has 0 saturated carbocycles. The second kappa shape index (κ2) is 8.78. The van der Waals surface area contributed by atoms with E-state index < -0.39 is 0 Å². The maximum absolute atomic E-state index is 12.1. The molecule has 0 aromatic heterocycles. The summed E-state index contributed by atoms with van der Waals surface area (Å²) in [4.78, 5) is 13.3. The zero-order chi connectivity index (χ0) is 17.5. The van der Waals surface area contributed by atoms with Gasteiger partial charge in [0.2, 0.25) is 5.91 Å². The minimum atomic E-state index is -0.131. The standard InChI is InChI=1S/C20H25NO2S/c1-14-5-8-18(9-6-14)24-17(4)20(22)21-11-12-23-19-10-7-15(2)13-16(19)3/h5-10,13,17H,11-12H2,1-4H3,(H,21,22)/t17-/m0/s1. The number of rotatable bonds is 7. The van der Waals surface area contributed by atoms with Gasteiger partial charge in [0, 0.05) is 4.90 Å². The molecule has 2 rings (SSSR count). The largest absolute Gasteiger partial charge is 0.491 e. The van der Waals surface area contributed by atoms with Gasteiger partial charge in [-0.25, -0.2) is 0 Å². The van der Waals surface area contributed by atoms with E-state index in [2.05, 4.69) is 37.4 Å². The number of hydrogen-bond donors (Lipinski definition) is 1. The Labute approximate surface area is 148 Å². The SMILES string of the molecule is Cc1ccc(S[C@@H](C)C(=O)NCCOc2ccc(C)cc2C)cc1. The lowest BCUT2D eigenvalue weighted by Crippen LogP contribution is -2.34. The van der Waals surface area contributed by atoms with Crippen LogP contribution in [0.15, 0.2) is 47.4 Å². The van der Waals surface area contributed by atoms with Crippen LogP contribution in [0.25, 0.3) is 0 Å². The Morgan fingerprint density at radius 3 is 2.42 bits per heavy atom. The molecule has 0 spiro atoms. The maximum Gasteiger partial charge on any atom is 0.233 e. The van der Waals surface area contributed by atoms with E-state index in [1.807, 2.05) is 38.1 Å². The molecule has 2 aromatic rings. The summed E-state index contributed by atoms with van der Waals surface area (Å²) >= 11 is 1.57. The molecule has 24 heavy (non-hydrogen) atoms. The van der Waals surface area contributed by atoms with Gasteiger partial charge in [-0.05, 0) is 51.5 Å². The van der Waals surface area contributed by atoms with Crippen molar-refractivity contribution < 1.29 is 9.53 Å². The van der Waals surface area contributed by atoms with E-state index in [0.717, 1.165) is 16.2 Å². The molecule has 1 atom stereocenters. The fraction of sp³-hybridized carbons (Fsp3) is 0.350. The number of ether oxygens (including phenoxy) is 1. The fourth-order valence-electron chi connectivity index (χ4n) is 2.31. The third-order valence-electron chi connectivity index (χ3n) is 3.69. The van der Waals surface area contributed by atoms with Crippen LogP contribution in [0.4, 0.5) is 0 Å². The van der Waals surface area contributed by atoms with Gasteiger partial charge in [0.1, 0.15) is 12.4 Å². The Morgan fingerprint density at radius 1 is 1.08 bits per heavy atom. The quantitative estimate of drug-likeness (QED) is 0.602. The fourth-order valence-corrected chi connectivity index (χ4v) is 3.21. The van der Waals surface area contributed by atoms with E-state index in [0.29, 0.717) is 13.2 Å². The van der Waals surface area contributed by atoms with E-state index in [1.165, 1.54) is 11.1 Å². The van der Waals surface area contributed by atoms with Crippen LogP contribution in [0, 0.1) is 20.8 Å². The number of benzene rings is 2. The van der Waals surface area contributed by atoms with Crippen molar-refractivity contribution in [1.29, 1.82) is 0 Å². The second-order valence-electron chi connectivity index (χ2n) is 5.98. The van der Waals surface area contributed by atoms with Crippen LogP contribution in [0.5, 0.6) is 5.75 Å². The molecule has 0 saturated heterocycles. The van der Waals surface area contributed by atoms with Crippen molar-refractivity contribution in [3.05, 3.63) is 59.2 Å². The molecule has 0 aliphatic rings. The first-order valence-corrected chi connectivity index (χ1v) is 9.05. The second-order valence-corrected chi connectivity index (χ2v) is 7.40. The van der Waals surface area contributed by atoms with Crippen molar-refractivity contribution in [2.24, 2.45) is 0 Å². The number of aryl methyl sites for hydroxylation is 3. The average Bonchev–Trinajstić information content (AvgIpc) is 2.55. The molecular formula is C20H25NO2S. The maximum atomic E-state index is 12.1. The highest BCUT2D eigenvalue weighted by atomic mass is 32.2. The van der Waals surface area contributed by atoms with Crippen molar-refractivity contribution >= 4 is 17.7 Å². The zero-order valence-corrected chi connectivity index (χ0v) is 15.6. The summed E-state index contributed by atoms with van der Waals surface area (Å²) in [5.41, 5.74) is 3.56. The topological polar surface area (TPSA) is 38.3 Å². The van der Waals surface area contributed by atoms with Crippen molar-refractivity contribution in [2.75, 3.05) is 13.2 Å². The van der Waals surface area contributed by atoms with E-state index in [9.17, 15) is 4.79 Å². The molecule has 4 heteroatoms. The number of carbonyl (C=O) groups is 1. The molecule has 2 aromatic carbocycles. The van der Waals surface area contributed by atoms with E-state index >= 15 is 0 Å². The lowest BCUT2D eigenvalue weighted by atomic mass is 10.1. The van der Waals surface area contributed by atoms with Gasteiger partial charge in [-0.15, -0.1) is 11.8 Å². The van der Waals surface area contributed by atoms with Gasteiger partial charge in [-0.3, -0.25) is 4.79 Å². The van der Waals surface area contributed by atoms with Crippen molar-refractivity contribution in [2.45, 2.75) is 37.8 Å². The normalized spacial score (nSPS) is 11.8. The zero-order valence-electron chi connectivity index (χ0n) is 14.8. The minimum Gasteiger partial charge on any atom is -0.491 e.